The number of ether oxygens (including phenoxy) is 2. The molecule has 0 amide bonds. The molecule has 3 aliphatic carbocycles. The Balaban J connectivity index is 1.74. The summed E-state index contributed by atoms with van der Waals surface area (Å²) in [5.41, 5.74) is 0.193. The van der Waals surface area contributed by atoms with Crippen LogP contribution in [0.15, 0.2) is 23.8 Å². The molecule has 124 valence electrons. The molecule has 0 aromatic heterocycles. The van der Waals surface area contributed by atoms with Crippen molar-refractivity contribution in [2.45, 2.75) is 50.5 Å². The lowest BCUT2D eigenvalue weighted by molar-refractivity contribution is -0.156. The van der Waals surface area contributed by atoms with Crippen LogP contribution >= 0.6 is 0 Å². The number of methoxy groups -OCH3 is 1. The molecule has 23 heavy (non-hydrogen) atoms. The Kier molecular flexibility index (Phi) is 3.46. The monoisotopic (exact) mass is 317 g/mol. The largest absolute Gasteiger partial charge is 0.468 e. The zero-order valence-corrected chi connectivity index (χ0v) is 13.6. The molecule has 1 saturated carbocycles. The van der Waals surface area contributed by atoms with Crippen molar-refractivity contribution < 1.29 is 19.1 Å². The minimum absolute atomic E-state index is 0.0389. The highest BCUT2D eigenvalue weighted by atomic mass is 16.6. The van der Waals surface area contributed by atoms with E-state index in [0.717, 1.165) is 25.7 Å². The molecule has 6 atom stereocenters. The molecule has 0 bridgehead atoms. The zero-order chi connectivity index (χ0) is 16.2. The van der Waals surface area contributed by atoms with Gasteiger partial charge in [0.05, 0.1) is 13.2 Å². The van der Waals surface area contributed by atoms with Crippen LogP contribution in [0.4, 0.5) is 0 Å². The molecule has 0 aromatic rings. The standard InChI is InChI=1S/C18H23NO4/c1-10-16(17(21)22-2)19-18(23-10)13-8-4-6-11-5-3-7-12(15(11)13)9-14(18)20/h4,6,9-11,13,15-16,19H,3,5,7-8H2,1-2H3/t10-,11-,13+,15+,16+,18+/m1/s1. The molecule has 2 fully saturated rings. The van der Waals surface area contributed by atoms with Crippen LogP contribution < -0.4 is 5.32 Å². The third-order valence-corrected chi connectivity index (χ3v) is 5.97. The molecule has 5 nitrogen and oxygen atoms in total. The maximum absolute atomic E-state index is 12.9. The average Bonchev–Trinajstić information content (AvgIpc) is 2.91. The predicted octanol–water partition coefficient (Wildman–Crippen LogP) is 1.73. The average molecular weight is 317 g/mol. The summed E-state index contributed by atoms with van der Waals surface area (Å²) in [6.07, 6.45) is 9.99. The van der Waals surface area contributed by atoms with Gasteiger partial charge in [-0.25, -0.2) is 0 Å². The number of esters is 1. The van der Waals surface area contributed by atoms with E-state index >= 15 is 0 Å². The van der Waals surface area contributed by atoms with E-state index in [1.165, 1.54) is 12.7 Å². The minimum Gasteiger partial charge on any atom is -0.468 e. The third-order valence-electron chi connectivity index (χ3n) is 5.97. The summed E-state index contributed by atoms with van der Waals surface area (Å²) in [5, 5.41) is 3.22. The van der Waals surface area contributed by atoms with Gasteiger partial charge in [-0.05, 0) is 50.5 Å². The van der Waals surface area contributed by atoms with Gasteiger partial charge in [0.15, 0.2) is 5.72 Å². The van der Waals surface area contributed by atoms with Crippen molar-refractivity contribution in [2.24, 2.45) is 17.8 Å². The number of allylic oxidation sites excluding steroid dienone is 3. The van der Waals surface area contributed by atoms with Crippen molar-refractivity contribution in [1.82, 2.24) is 5.32 Å². The fourth-order valence-corrected chi connectivity index (χ4v) is 4.97. The SMILES string of the molecule is COC(=O)[C@H]1N[C@@]2(O[C@@H]1C)C(=O)C=C1CCC[C@@H]3C=CC[C@H]2[C@H]13. The first-order chi connectivity index (χ1) is 11.1. The summed E-state index contributed by atoms with van der Waals surface area (Å²) in [5.74, 6) is 0.480. The van der Waals surface area contributed by atoms with E-state index in [-0.39, 0.29) is 23.8 Å². The topological polar surface area (TPSA) is 64.6 Å². The van der Waals surface area contributed by atoms with Crippen LogP contribution in [0.25, 0.3) is 0 Å². The highest BCUT2D eigenvalue weighted by Crippen LogP contribution is 2.52. The fourth-order valence-electron chi connectivity index (χ4n) is 4.97. The number of hydrogen-bond donors (Lipinski definition) is 1. The van der Waals surface area contributed by atoms with Crippen LogP contribution in [0.1, 0.15) is 32.6 Å². The van der Waals surface area contributed by atoms with Crippen molar-refractivity contribution in [1.29, 1.82) is 0 Å². The molecule has 1 saturated heterocycles. The summed E-state index contributed by atoms with van der Waals surface area (Å²) >= 11 is 0. The second kappa shape index (κ2) is 5.28. The minimum atomic E-state index is -1.08. The van der Waals surface area contributed by atoms with Crippen molar-refractivity contribution in [3.05, 3.63) is 23.8 Å². The van der Waals surface area contributed by atoms with Gasteiger partial charge in [0, 0.05) is 5.92 Å². The van der Waals surface area contributed by atoms with E-state index < -0.39 is 11.8 Å². The van der Waals surface area contributed by atoms with Gasteiger partial charge in [0.1, 0.15) is 6.04 Å². The van der Waals surface area contributed by atoms with Crippen LogP contribution in [-0.4, -0.2) is 36.7 Å². The maximum atomic E-state index is 12.9. The Morgan fingerprint density at radius 2 is 2.30 bits per heavy atom. The van der Waals surface area contributed by atoms with Crippen LogP contribution in [0, 0.1) is 17.8 Å². The quantitative estimate of drug-likeness (QED) is 0.589. The van der Waals surface area contributed by atoms with Gasteiger partial charge in [0.2, 0.25) is 5.78 Å². The Labute approximate surface area is 136 Å². The Hall–Kier alpha value is -1.46. The lowest BCUT2D eigenvalue weighted by Gasteiger charge is -2.49. The predicted molar refractivity (Wildman–Crippen MR) is 83.4 cm³/mol. The molecule has 1 aliphatic heterocycles. The van der Waals surface area contributed by atoms with Crippen molar-refractivity contribution in [3.63, 3.8) is 0 Å². The number of fused-ring (bicyclic) bond motifs is 1. The molecular weight excluding hydrogens is 294 g/mol. The van der Waals surface area contributed by atoms with E-state index in [0.29, 0.717) is 11.8 Å². The Morgan fingerprint density at radius 1 is 1.48 bits per heavy atom. The second-order valence-corrected chi connectivity index (χ2v) is 7.14. The van der Waals surface area contributed by atoms with Gasteiger partial charge in [-0.2, -0.15) is 0 Å². The summed E-state index contributed by atoms with van der Waals surface area (Å²) in [7, 11) is 1.36. The molecule has 1 N–H and O–H groups in total. The highest BCUT2D eigenvalue weighted by molar-refractivity contribution is 6.00. The van der Waals surface area contributed by atoms with Gasteiger partial charge in [-0.3, -0.25) is 14.9 Å². The number of carbonyl (C=O) groups excluding carboxylic acids is 2. The van der Waals surface area contributed by atoms with E-state index in [1.807, 2.05) is 6.92 Å². The third kappa shape index (κ3) is 2.06. The fraction of sp³-hybridized carbons (Fsp3) is 0.667. The van der Waals surface area contributed by atoms with Gasteiger partial charge in [-0.15, -0.1) is 0 Å². The Bertz CT molecular complexity index is 610. The summed E-state index contributed by atoms with van der Waals surface area (Å²) in [4.78, 5) is 24.9. The molecular formula is C18H23NO4. The molecule has 0 unspecified atom stereocenters. The van der Waals surface area contributed by atoms with Crippen molar-refractivity contribution in [2.75, 3.05) is 7.11 Å². The Morgan fingerprint density at radius 3 is 3.09 bits per heavy atom. The van der Waals surface area contributed by atoms with Gasteiger partial charge < -0.3 is 9.47 Å². The smallest absolute Gasteiger partial charge is 0.325 e. The molecule has 4 rings (SSSR count). The molecule has 1 heterocycles. The molecule has 1 spiro atoms. The zero-order valence-electron chi connectivity index (χ0n) is 13.6. The number of nitrogens with one attached hydrogen (secondary N) is 1. The van der Waals surface area contributed by atoms with E-state index in [4.69, 9.17) is 9.47 Å². The van der Waals surface area contributed by atoms with Crippen LogP contribution in [0.5, 0.6) is 0 Å². The van der Waals surface area contributed by atoms with Crippen LogP contribution in [-0.2, 0) is 19.1 Å². The van der Waals surface area contributed by atoms with E-state index in [9.17, 15) is 9.59 Å². The maximum Gasteiger partial charge on any atom is 0.325 e. The lowest BCUT2D eigenvalue weighted by atomic mass is 9.59. The van der Waals surface area contributed by atoms with Crippen molar-refractivity contribution in [3.8, 4) is 0 Å². The highest BCUT2D eigenvalue weighted by Gasteiger charge is 2.61. The first-order valence-electron chi connectivity index (χ1n) is 8.51. The molecule has 5 heteroatoms. The van der Waals surface area contributed by atoms with Crippen LogP contribution in [0.2, 0.25) is 0 Å². The molecule has 4 aliphatic rings. The van der Waals surface area contributed by atoms with Crippen LogP contribution in [0.3, 0.4) is 0 Å². The number of carbonyl (C=O) groups is 2. The second-order valence-electron chi connectivity index (χ2n) is 7.14. The molecule has 0 radical (unpaired) electrons. The first-order valence-corrected chi connectivity index (χ1v) is 8.51. The normalized spacial score (nSPS) is 44.9. The van der Waals surface area contributed by atoms with Gasteiger partial charge in [0.25, 0.3) is 0 Å². The van der Waals surface area contributed by atoms with Crippen molar-refractivity contribution >= 4 is 11.8 Å². The van der Waals surface area contributed by atoms with Gasteiger partial charge in [-0.1, -0.05) is 17.7 Å². The summed E-state index contributed by atoms with van der Waals surface area (Å²) < 4.78 is 11.0. The summed E-state index contributed by atoms with van der Waals surface area (Å²) in [6, 6.07) is -0.591. The summed E-state index contributed by atoms with van der Waals surface area (Å²) in [6.45, 7) is 1.83. The van der Waals surface area contributed by atoms with E-state index in [1.54, 1.807) is 6.08 Å². The number of hydrogen-bond acceptors (Lipinski definition) is 5. The number of rotatable bonds is 1. The lowest BCUT2D eigenvalue weighted by Crippen LogP contribution is -2.62. The van der Waals surface area contributed by atoms with Gasteiger partial charge >= 0.3 is 5.97 Å². The molecule has 0 aromatic carbocycles. The number of ketones is 1. The van der Waals surface area contributed by atoms with E-state index in [2.05, 4.69) is 17.5 Å². The first kappa shape index (κ1) is 15.1.